The lowest BCUT2D eigenvalue weighted by atomic mass is 9.87. The predicted octanol–water partition coefficient (Wildman–Crippen LogP) is 9.63. The van der Waals surface area contributed by atoms with E-state index in [-0.39, 0.29) is 5.92 Å². The number of hydrogen-bond acceptors (Lipinski definition) is 5. The number of nitrogens with one attached hydrogen (secondary N) is 1. The topological polar surface area (TPSA) is 39.1 Å². The largest absolute Gasteiger partial charge is 0.496 e. The number of H-pyrrole nitrogens is 1. The SMILES string of the molecule is CCN(CC)Cc1ccc(C2=CC(Cc3[nH+]c4ccc(-c5c(OC)cccc5OC)cc4s3)c3ccccc3N2Cc2ccccc2)cc1. The monoisotopic (exact) mass is 666 g/mol. The Hall–Kier alpha value is -4.91. The van der Waals surface area contributed by atoms with E-state index in [0.29, 0.717) is 0 Å². The van der Waals surface area contributed by atoms with E-state index in [0.717, 1.165) is 60.7 Å². The molecule has 0 radical (unpaired) electrons. The predicted molar refractivity (Wildman–Crippen MR) is 203 cm³/mol. The van der Waals surface area contributed by atoms with E-state index in [1.165, 1.54) is 43.3 Å². The van der Waals surface area contributed by atoms with Crippen molar-refractivity contribution in [1.82, 2.24) is 4.90 Å². The zero-order valence-corrected chi connectivity index (χ0v) is 29.6. The number of fused-ring (bicyclic) bond motifs is 2. The molecule has 0 spiro atoms. The van der Waals surface area contributed by atoms with Crippen molar-refractivity contribution in [3.8, 4) is 22.6 Å². The summed E-state index contributed by atoms with van der Waals surface area (Å²) in [7, 11) is 3.42. The normalized spacial score (nSPS) is 14.2. The Balaban J connectivity index is 1.26. The van der Waals surface area contributed by atoms with Gasteiger partial charge in [-0.2, -0.15) is 4.98 Å². The molecule has 7 rings (SSSR count). The summed E-state index contributed by atoms with van der Waals surface area (Å²) < 4.78 is 12.7. The first-order valence-corrected chi connectivity index (χ1v) is 18.0. The minimum Gasteiger partial charge on any atom is -0.496 e. The second-order valence-corrected chi connectivity index (χ2v) is 13.7. The quantitative estimate of drug-likeness (QED) is 0.130. The Labute approximate surface area is 294 Å². The fourth-order valence-corrected chi connectivity index (χ4v) is 8.10. The molecular formula is C43H44N3O2S+. The number of allylic oxidation sites excluding steroid dienone is 1. The van der Waals surface area contributed by atoms with Crippen LogP contribution in [0.4, 0.5) is 5.69 Å². The van der Waals surface area contributed by atoms with E-state index in [4.69, 9.17) is 9.47 Å². The summed E-state index contributed by atoms with van der Waals surface area (Å²) in [5.74, 6) is 1.82. The first-order chi connectivity index (χ1) is 24.1. The van der Waals surface area contributed by atoms with Gasteiger partial charge < -0.3 is 14.4 Å². The number of rotatable bonds is 12. The van der Waals surface area contributed by atoms with Crippen LogP contribution in [0.3, 0.4) is 0 Å². The molecule has 1 aliphatic heterocycles. The highest BCUT2D eigenvalue weighted by atomic mass is 32.1. The number of methoxy groups -OCH3 is 2. The van der Waals surface area contributed by atoms with Gasteiger partial charge in [-0.25, -0.2) is 0 Å². The number of aromatic amines is 1. The number of aromatic nitrogens is 1. The number of benzene rings is 5. The van der Waals surface area contributed by atoms with Gasteiger partial charge in [-0.15, -0.1) is 0 Å². The van der Waals surface area contributed by atoms with Gasteiger partial charge in [0.15, 0.2) is 0 Å². The summed E-state index contributed by atoms with van der Waals surface area (Å²) >= 11 is 1.83. The van der Waals surface area contributed by atoms with Gasteiger partial charge in [-0.3, -0.25) is 4.90 Å². The number of anilines is 1. The van der Waals surface area contributed by atoms with E-state index >= 15 is 0 Å². The lowest BCUT2D eigenvalue weighted by molar-refractivity contribution is -0.350. The fourth-order valence-electron chi connectivity index (χ4n) is 6.99. The standard InChI is InChI=1S/C43H43N3O2S/c1-5-45(6-2)28-31-19-21-32(22-20-31)38-25-34(35-15-10-11-16-37(35)46(38)29-30-13-8-7-9-14-30)27-42-44-36-24-23-33(26-41(36)49-42)43-39(47-3)17-12-18-40(43)48-4/h7-26,34H,5-6,27-29H2,1-4H3/p+1. The van der Waals surface area contributed by atoms with Gasteiger partial charge in [0.1, 0.15) is 16.2 Å². The Morgan fingerprint density at radius 3 is 2.14 bits per heavy atom. The molecule has 0 saturated carbocycles. The molecule has 6 heteroatoms. The molecule has 248 valence electrons. The van der Waals surface area contributed by atoms with E-state index < -0.39 is 0 Å². The molecule has 1 N–H and O–H groups in total. The average Bonchev–Trinajstić information content (AvgIpc) is 3.56. The number of para-hydroxylation sites is 1. The van der Waals surface area contributed by atoms with Gasteiger partial charge >= 0.3 is 0 Å². The highest BCUT2D eigenvalue weighted by Gasteiger charge is 2.29. The summed E-state index contributed by atoms with van der Waals surface area (Å²) in [4.78, 5) is 8.72. The molecule has 5 nitrogen and oxygen atoms in total. The van der Waals surface area contributed by atoms with Crippen LogP contribution >= 0.6 is 11.3 Å². The van der Waals surface area contributed by atoms with Crippen LogP contribution < -0.4 is 19.4 Å². The fraction of sp³-hybridized carbons (Fsp3) is 0.233. The first-order valence-electron chi connectivity index (χ1n) is 17.2. The van der Waals surface area contributed by atoms with Gasteiger partial charge in [0.25, 0.3) is 0 Å². The Morgan fingerprint density at radius 2 is 1.43 bits per heavy atom. The van der Waals surface area contributed by atoms with Gasteiger partial charge in [-0.1, -0.05) is 110 Å². The molecule has 2 heterocycles. The van der Waals surface area contributed by atoms with Crippen molar-refractivity contribution in [3.05, 3.63) is 149 Å². The lowest BCUT2D eigenvalue weighted by Crippen LogP contribution is -2.27. The zero-order chi connectivity index (χ0) is 33.7. The van der Waals surface area contributed by atoms with Crippen LogP contribution in [-0.2, 0) is 19.5 Å². The van der Waals surface area contributed by atoms with Crippen molar-refractivity contribution in [1.29, 1.82) is 0 Å². The summed E-state index contributed by atoms with van der Waals surface area (Å²) in [6.45, 7) is 8.35. The van der Waals surface area contributed by atoms with Crippen LogP contribution in [0.1, 0.15) is 47.0 Å². The summed E-state index contributed by atoms with van der Waals surface area (Å²) in [5.41, 5.74) is 11.0. The van der Waals surface area contributed by atoms with E-state index in [9.17, 15) is 0 Å². The molecule has 5 aromatic carbocycles. The van der Waals surface area contributed by atoms with Crippen molar-refractivity contribution in [2.24, 2.45) is 0 Å². The molecule has 1 aromatic heterocycles. The van der Waals surface area contributed by atoms with Crippen LogP contribution in [0.2, 0.25) is 0 Å². The van der Waals surface area contributed by atoms with Crippen molar-refractivity contribution >= 4 is 32.9 Å². The van der Waals surface area contributed by atoms with Crippen LogP contribution in [0.25, 0.3) is 27.0 Å². The van der Waals surface area contributed by atoms with Gasteiger partial charge in [0, 0.05) is 36.5 Å². The van der Waals surface area contributed by atoms with Crippen LogP contribution in [0, 0.1) is 0 Å². The molecule has 0 fully saturated rings. The smallest absolute Gasteiger partial charge is 0.237 e. The molecule has 6 aromatic rings. The average molecular weight is 667 g/mol. The molecule has 0 amide bonds. The maximum atomic E-state index is 5.72. The molecule has 1 atom stereocenters. The van der Waals surface area contributed by atoms with Crippen LogP contribution in [0.15, 0.2) is 121 Å². The minimum absolute atomic E-state index is 0.215. The Bertz CT molecular complexity index is 2040. The zero-order valence-electron chi connectivity index (χ0n) is 28.8. The van der Waals surface area contributed by atoms with Crippen LogP contribution in [0.5, 0.6) is 11.5 Å². The third-order valence-corrected chi connectivity index (χ3v) is 10.7. The second-order valence-electron chi connectivity index (χ2n) is 12.6. The number of ether oxygens (including phenoxy) is 2. The number of nitrogens with zero attached hydrogens (tertiary/aromatic N) is 2. The number of thiazole rings is 1. The Kier molecular flexibility index (Phi) is 9.78. The van der Waals surface area contributed by atoms with Crippen molar-refractivity contribution in [2.45, 2.75) is 39.3 Å². The van der Waals surface area contributed by atoms with Gasteiger partial charge in [0.2, 0.25) is 10.5 Å². The maximum Gasteiger partial charge on any atom is 0.237 e. The summed E-state index contributed by atoms with van der Waals surface area (Å²) in [6.07, 6.45) is 3.38. The molecule has 0 bridgehead atoms. The molecule has 49 heavy (non-hydrogen) atoms. The Morgan fingerprint density at radius 1 is 0.735 bits per heavy atom. The first kappa shape index (κ1) is 32.6. The van der Waals surface area contributed by atoms with E-state index in [1.54, 1.807) is 14.2 Å². The molecule has 0 saturated heterocycles. The van der Waals surface area contributed by atoms with Crippen molar-refractivity contribution < 1.29 is 14.5 Å². The molecule has 0 aliphatic carbocycles. The third-order valence-electron chi connectivity index (χ3n) is 9.62. The van der Waals surface area contributed by atoms with Gasteiger partial charge in [-0.05, 0) is 71.2 Å². The minimum atomic E-state index is 0.215. The third kappa shape index (κ3) is 6.85. The lowest BCUT2D eigenvalue weighted by Gasteiger charge is -2.36. The van der Waals surface area contributed by atoms with Gasteiger partial charge in [0.05, 0.1) is 26.2 Å². The van der Waals surface area contributed by atoms with Crippen molar-refractivity contribution in [2.75, 3.05) is 32.2 Å². The van der Waals surface area contributed by atoms with E-state index in [2.05, 4.69) is 132 Å². The van der Waals surface area contributed by atoms with E-state index in [1.807, 2.05) is 29.5 Å². The maximum absolute atomic E-state index is 5.72. The number of hydrogen-bond donors (Lipinski definition) is 0. The highest BCUT2D eigenvalue weighted by Crippen LogP contribution is 2.44. The molecule has 1 aliphatic rings. The summed E-state index contributed by atoms with van der Waals surface area (Å²) in [6, 6.07) is 41.5. The van der Waals surface area contributed by atoms with Crippen LogP contribution in [-0.4, -0.2) is 32.2 Å². The van der Waals surface area contributed by atoms with Crippen molar-refractivity contribution in [3.63, 3.8) is 0 Å². The molecule has 1 unspecified atom stereocenters. The second kappa shape index (κ2) is 14.7. The summed E-state index contributed by atoms with van der Waals surface area (Å²) in [5, 5.41) is 1.25. The molecular weight excluding hydrogens is 623 g/mol. The highest BCUT2D eigenvalue weighted by molar-refractivity contribution is 7.18.